The van der Waals surface area contributed by atoms with Crippen LogP contribution in [0.2, 0.25) is 0 Å². The zero-order valence-corrected chi connectivity index (χ0v) is 18.8. The Morgan fingerprint density at radius 3 is 2.61 bits per heavy atom. The average Bonchev–Trinajstić information content (AvgIpc) is 2.80. The van der Waals surface area contributed by atoms with E-state index < -0.39 is 11.6 Å². The zero-order chi connectivity index (χ0) is 23.1. The first-order chi connectivity index (χ1) is 15.9. The van der Waals surface area contributed by atoms with Gasteiger partial charge in [0.15, 0.2) is 5.65 Å². The topological polar surface area (TPSA) is 60.8 Å². The minimum Gasteiger partial charge on any atom is -0.373 e. The number of hydrogen-bond acceptors (Lipinski definition) is 5. The molecule has 1 saturated heterocycles. The lowest BCUT2D eigenvalue weighted by atomic mass is 9.91. The highest BCUT2D eigenvalue weighted by Gasteiger charge is 2.28. The first kappa shape index (κ1) is 21.5. The van der Waals surface area contributed by atoms with Crippen LogP contribution in [-0.4, -0.2) is 26.5 Å². The van der Waals surface area contributed by atoms with Crippen LogP contribution in [0, 0.1) is 32.4 Å². The lowest BCUT2D eigenvalue weighted by Crippen LogP contribution is -2.21. The van der Waals surface area contributed by atoms with Gasteiger partial charge in [-0.2, -0.15) is 0 Å². The van der Waals surface area contributed by atoms with Gasteiger partial charge in [0.2, 0.25) is 0 Å². The molecular weight excluding hydrogens is 422 g/mol. The number of aromatic nitrogens is 4. The Morgan fingerprint density at radius 2 is 1.82 bits per heavy atom. The molecule has 0 saturated carbocycles. The van der Waals surface area contributed by atoms with Crippen LogP contribution in [0.25, 0.3) is 22.3 Å². The normalized spacial score (nSPS) is 18.6. The summed E-state index contributed by atoms with van der Waals surface area (Å²) in [6, 6.07) is 9.48. The highest BCUT2D eigenvalue weighted by molar-refractivity contribution is 5.91. The van der Waals surface area contributed by atoms with Crippen molar-refractivity contribution in [2.24, 2.45) is 0 Å². The summed E-state index contributed by atoms with van der Waals surface area (Å²) in [7, 11) is 0. The molecule has 1 aromatic carbocycles. The zero-order valence-electron chi connectivity index (χ0n) is 18.8. The summed E-state index contributed by atoms with van der Waals surface area (Å²) in [6.45, 7) is 6.39. The van der Waals surface area contributed by atoms with E-state index in [1.54, 1.807) is 6.20 Å². The first-order valence-electron chi connectivity index (χ1n) is 11.0. The second-order valence-electron chi connectivity index (χ2n) is 8.63. The summed E-state index contributed by atoms with van der Waals surface area (Å²) in [5.74, 6) is -0.653. The van der Waals surface area contributed by atoms with Gasteiger partial charge < -0.3 is 4.74 Å². The van der Waals surface area contributed by atoms with Crippen molar-refractivity contribution in [1.29, 1.82) is 0 Å². The minimum atomic E-state index is -0.656. The van der Waals surface area contributed by atoms with Crippen LogP contribution < -0.4 is 0 Å². The van der Waals surface area contributed by atoms with Crippen molar-refractivity contribution in [3.63, 3.8) is 0 Å². The molecule has 0 unspecified atom stereocenters. The molecule has 7 heteroatoms. The quantitative estimate of drug-likeness (QED) is 0.391. The third-order valence-corrected chi connectivity index (χ3v) is 6.28. The molecule has 4 heterocycles. The average molecular weight is 447 g/mol. The molecule has 0 aliphatic carbocycles. The number of halogens is 2. The molecule has 1 aliphatic heterocycles. The highest BCUT2D eigenvalue weighted by Crippen LogP contribution is 2.38. The maximum atomic E-state index is 14.8. The Kier molecular flexibility index (Phi) is 5.58. The van der Waals surface area contributed by atoms with Gasteiger partial charge in [-0.05, 0) is 75.1 Å². The fraction of sp³-hybridized carbons (Fsp3) is 0.308. The summed E-state index contributed by atoms with van der Waals surface area (Å²) < 4.78 is 34.4. The van der Waals surface area contributed by atoms with Crippen molar-refractivity contribution in [2.45, 2.75) is 45.6 Å². The molecule has 1 aliphatic rings. The maximum absolute atomic E-state index is 14.8. The minimum absolute atomic E-state index is 0.0206. The largest absolute Gasteiger partial charge is 0.373 e. The van der Waals surface area contributed by atoms with Gasteiger partial charge in [0, 0.05) is 47.1 Å². The van der Waals surface area contributed by atoms with Gasteiger partial charge in [-0.1, -0.05) is 0 Å². The summed E-state index contributed by atoms with van der Waals surface area (Å²) in [5.41, 5.74) is 5.02. The van der Waals surface area contributed by atoms with Gasteiger partial charge in [-0.15, -0.1) is 0 Å². The third-order valence-electron chi connectivity index (χ3n) is 6.28. The Hall–Kier alpha value is -3.32. The number of aryl methyl sites for hydroxylation is 3. The van der Waals surface area contributed by atoms with Crippen LogP contribution in [0.4, 0.5) is 8.78 Å². The smallest absolute Gasteiger partial charge is 0.163 e. The molecule has 3 aromatic heterocycles. The number of rotatable bonds is 3. The summed E-state index contributed by atoms with van der Waals surface area (Å²) in [4.78, 5) is 18.5. The molecule has 2 atom stereocenters. The van der Waals surface area contributed by atoms with Crippen molar-refractivity contribution in [1.82, 2.24) is 19.9 Å². The van der Waals surface area contributed by atoms with Crippen molar-refractivity contribution >= 4 is 11.0 Å². The molecule has 4 aromatic rings. The SMILES string of the molecule is Cc1cc([C@@H]2C[C@@H](c3nc(-c4ccc(F)cc4F)c4cc(C)c(C)nc4n3)CCO2)ccn1. The Balaban J connectivity index is 1.62. The van der Waals surface area contributed by atoms with Crippen molar-refractivity contribution in [3.8, 4) is 11.3 Å². The van der Waals surface area contributed by atoms with E-state index >= 15 is 0 Å². The lowest BCUT2D eigenvalue weighted by molar-refractivity contribution is 0.00393. The van der Waals surface area contributed by atoms with Crippen molar-refractivity contribution in [3.05, 3.63) is 82.6 Å². The van der Waals surface area contributed by atoms with Gasteiger partial charge in [0.1, 0.15) is 17.5 Å². The molecule has 0 N–H and O–H groups in total. The Labute approximate surface area is 190 Å². The van der Waals surface area contributed by atoms with Crippen LogP contribution in [0.15, 0.2) is 42.6 Å². The predicted molar refractivity (Wildman–Crippen MR) is 122 cm³/mol. The molecule has 5 rings (SSSR count). The van der Waals surface area contributed by atoms with Crippen LogP contribution in [0.3, 0.4) is 0 Å². The first-order valence-corrected chi connectivity index (χ1v) is 11.0. The number of hydrogen-bond donors (Lipinski definition) is 0. The van der Waals surface area contributed by atoms with E-state index in [-0.39, 0.29) is 17.6 Å². The van der Waals surface area contributed by atoms with Gasteiger partial charge in [-0.3, -0.25) is 4.98 Å². The Morgan fingerprint density at radius 1 is 0.970 bits per heavy atom. The second kappa shape index (κ2) is 8.56. The van der Waals surface area contributed by atoms with Gasteiger partial charge >= 0.3 is 0 Å². The number of fused-ring (bicyclic) bond motifs is 1. The van der Waals surface area contributed by atoms with E-state index in [0.29, 0.717) is 35.6 Å². The Bertz CT molecular complexity index is 1360. The van der Waals surface area contributed by atoms with Crippen molar-refractivity contribution < 1.29 is 13.5 Å². The number of benzene rings is 1. The summed E-state index contributed by atoms with van der Waals surface area (Å²) >= 11 is 0. The molecule has 33 heavy (non-hydrogen) atoms. The van der Waals surface area contributed by atoms with Gasteiger partial charge in [0.25, 0.3) is 0 Å². The fourth-order valence-corrected chi connectivity index (χ4v) is 4.36. The number of nitrogens with zero attached hydrogens (tertiary/aromatic N) is 4. The number of ether oxygens (including phenoxy) is 1. The van der Waals surface area contributed by atoms with Crippen LogP contribution >= 0.6 is 0 Å². The van der Waals surface area contributed by atoms with E-state index in [9.17, 15) is 8.78 Å². The standard InChI is InChI=1S/C26H24F2N4O/c1-14-10-21-24(20-5-4-19(27)13-22(20)28)31-25(32-26(21)30-16(14)3)18-7-9-33-23(12-18)17-6-8-29-15(2)11-17/h4-6,8,10-11,13,18,23H,7,9,12H2,1-3H3/t18-,23-/m0/s1. The predicted octanol–water partition coefficient (Wildman–Crippen LogP) is 5.93. The molecule has 168 valence electrons. The van der Waals surface area contributed by atoms with E-state index in [4.69, 9.17) is 14.7 Å². The van der Waals surface area contributed by atoms with E-state index in [0.717, 1.165) is 35.0 Å². The molecule has 0 bridgehead atoms. The van der Waals surface area contributed by atoms with Gasteiger partial charge in [0.05, 0.1) is 11.8 Å². The molecule has 0 amide bonds. The second-order valence-corrected chi connectivity index (χ2v) is 8.63. The summed E-state index contributed by atoms with van der Waals surface area (Å²) in [5, 5.41) is 0.653. The summed E-state index contributed by atoms with van der Waals surface area (Å²) in [6.07, 6.45) is 3.14. The highest BCUT2D eigenvalue weighted by atomic mass is 19.1. The lowest BCUT2D eigenvalue weighted by Gasteiger charge is -2.29. The maximum Gasteiger partial charge on any atom is 0.163 e. The van der Waals surface area contributed by atoms with Gasteiger partial charge in [-0.25, -0.2) is 23.7 Å². The van der Waals surface area contributed by atoms with E-state index in [2.05, 4.69) is 9.97 Å². The molecule has 5 nitrogen and oxygen atoms in total. The van der Waals surface area contributed by atoms with E-state index in [1.165, 1.54) is 12.1 Å². The van der Waals surface area contributed by atoms with Crippen LogP contribution in [0.5, 0.6) is 0 Å². The monoisotopic (exact) mass is 446 g/mol. The molecular formula is C26H24F2N4O. The molecule has 0 spiro atoms. The third kappa shape index (κ3) is 4.20. The molecule has 1 fully saturated rings. The van der Waals surface area contributed by atoms with Crippen molar-refractivity contribution in [2.75, 3.05) is 6.61 Å². The molecule has 0 radical (unpaired) electrons. The fourth-order valence-electron chi connectivity index (χ4n) is 4.36. The van der Waals surface area contributed by atoms with Crippen LogP contribution in [0.1, 0.15) is 53.2 Å². The van der Waals surface area contributed by atoms with Crippen LogP contribution in [-0.2, 0) is 4.74 Å². The van der Waals surface area contributed by atoms with E-state index in [1.807, 2.05) is 39.0 Å². The number of pyridine rings is 2.